The van der Waals surface area contributed by atoms with Crippen molar-refractivity contribution >= 4 is 58.3 Å². The lowest BCUT2D eigenvalue weighted by molar-refractivity contribution is -0.152. The number of ether oxygens (including phenoxy) is 2. The molecule has 0 saturated heterocycles. The Morgan fingerprint density at radius 2 is 1.06 bits per heavy atom. The van der Waals surface area contributed by atoms with Crippen LogP contribution in [-0.4, -0.2) is 34.7 Å². The van der Waals surface area contributed by atoms with E-state index in [1.807, 2.05) is 0 Å². The summed E-state index contributed by atoms with van der Waals surface area (Å²) in [6.07, 6.45) is -2.74. The number of hydrogen-bond acceptors (Lipinski definition) is 6. The number of esters is 2. The quantitative estimate of drug-likeness (QED) is 0.643. The maximum absolute atomic E-state index is 10.3. The average molecular weight is 338 g/mol. The number of hydrogen-bond donors (Lipinski definition) is 2. The molecule has 2 aliphatic heterocycles. The Hall–Kier alpha value is -0.500. The molecule has 0 aromatic rings. The highest BCUT2D eigenvalue weighted by Gasteiger charge is 2.30. The van der Waals surface area contributed by atoms with Crippen LogP contribution < -0.4 is 0 Å². The van der Waals surface area contributed by atoms with Gasteiger partial charge in [0.25, 0.3) is 0 Å². The van der Waals surface area contributed by atoms with Crippen LogP contribution >= 0.6 is 46.4 Å². The third-order valence-corrected chi connectivity index (χ3v) is 3.31. The third-order valence-electron chi connectivity index (χ3n) is 1.65. The van der Waals surface area contributed by atoms with E-state index >= 15 is 0 Å². The summed E-state index contributed by atoms with van der Waals surface area (Å²) in [5.74, 6) is -1.57. The molecule has 0 bridgehead atoms. The fourth-order valence-electron chi connectivity index (χ4n) is 0.822. The van der Waals surface area contributed by atoms with Crippen molar-refractivity contribution in [3.05, 3.63) is 20.1 Å². The number of cyclic esters (lactones) is 2. The zero-order valence-corrected chi connectivity index (χ0v) is 11.2. The van der Waals surface area contributed by atoms with Gasteiger partial charge in [0.05, 0.1) is 0 Å². The van der Waals surface area contributed by atoms with Crippen molar-refractivity contribution in [2.45, 2.75) is 12.6 Å². The van der Waals surface area contributed by atoms with Gasteiger partial charge in [0, 0.05) is 0 Å². The van der Waals surface area contributed by atoms with Crippen molar-refractivity contribution in [3.8, 4) is 0 Å². The van der Waals surface area contributed by atoms with Crippen molar-refractivity contribution in [2.75, 3.05) is 0 Å². The van der Waals surface area contributed by atoms with Crippen LogP contribution in [0.5, 0.6) is 0 Å². The van der Waals surface area contributed by atoms with Crippen LogP contribution in [0.15, 0.2) is 20.1 Å². The molecular weight excluding hydrogens is 334 g/mol. The number of aliphatic hydroxyl groups excluding tert-OH is 2. The van der Waals surface area contributed by atoms with Crippen molar-refractivity contribution in [3.63, 3.8) is 0 Å². The Kier molecular flexibility index (Phi) is 5.27. The minimum absolute atomic E-state index is 0.151. The summed E-state index contributed by atoms with van der Waals surface area (Å²) >= 11 is 21.0. The van der Waals surface area contributed by atoms with Crippen LogP contribution in [-0.2, 0) is 19.1 Å². The van der Waals surface area contributed by atoms with E-state index in [1.165, 1.54) is 0 Å². The maximum atomic E-state index is 10.3. The molecule has 2 N–H and O–H groups in total. The van der Waals surface area contributed by atoms with Gasteiger partial charge in [-0.05, 0) is 0 Å². The fourth-order valence-corrected chi connectivity index (χ4v) is 1.34. The summed E-state index contributed by atoms with van der Waals surface area (Å²) in [4.78, 5) is 20.7. The Morgan fingerprint density at radius 1 is 0.778 bits per heavy atom. The first-order valence-electron chi connectivity index (χ1n) is 4.14. The van der Waals surface area contributed by atoms with E-state index in [9.17, 15) is 9.59 Å². The van der Waals surface area contributed by atoms with Gasteiger partial charge in [0.1, 0.15) is 20.1 Å². The molecule has 2 rings (SSSR count). The molecule has 0 unspecified atom stereocenters. The highest BCUT2D eigenvalue weighted by atomic mass is 35.5. The molecule has 2 heterocycles. The molecular formula is C8H4Cl4O6. The van der Waals surface area contributed by atoms with Crippen LogP contribution in [0, 0.1) is 0 Å². The van der Waals surface area contributed by atoms with Gasteiger partial charge in [-0.15, -0.1) is 0 Å². The predicted octanol–water partition coefficient (Wildman–Crippen LogP) is 1.10. The number of halogens is 4. The van der Waals surface area contributed by atoms with Gasteiger partial charge in [-0.2, -0.15) is 0 Å². The molecule has 0 aliphatic carbocycles. The largest absolute Gasteiger partial charge is 0.426 e. The Labute approximate surface area is 120 Å². The third kappa shape index (κ3) is 3.28. The summed E-state index contributed by atoms with van der Waals surface area (Å²) in [5.41, 5.74) is 0. The van der Waals surface area contributed by atoms with Gasteiger partial charge in [-0.1, -0.05) is 46.4 Å². The van der Waals surface area contributed by atoms with Gasteiger partial charge in [-0.25, -0.2) is 9.59 Å². The first-order chi connectivity index (χ1) is 8.25. The highest BCUT2D eigenvalue weighted by molar-refractivity contribution is 6.49. The van der Waals surface area contributed by atoms with Gasteiger partial charge in [-0.3, -0.25) is 0 Å². The monoisotopic (exact) mass is 336 g/mol. The van der Waals surface area contributed by atoms with E-state index < -0.39 is 24.5 Å². The number of carbonyl (C=O) groups excluding carboxylic acids is 2. The minimum atomic E-state index is -1.37. The Balaban J connectivity index is 0.000000180. The normalized spacial score (nSPS) is 27.0. The summed E-state index contributed by atoms with van der Waals surface area (Å²) in [6.45, 7) is 0. The lowest BCUT2D eigenvalue weighted by Crippen LogP contribution is -2.07. The summed E-state index contributed by atoms with van der Waals surface area (Å²) < 4.78 is 8.33. The van der Waals surface area contributed by atoms with E-state index in [-0.39, 0.29) is 20.1 Å². The molecule has 2 aliphatic rings. The summed E-state index contributed by atoms with van der Waals surface area (Å²) in [6, 6.07) is 0. The molecule has 0 spiro atoms. The van der Waals surface area contributed by atoms with Gasteiger partial charge < -0.3 is 19.7 Å². The van der Waals surface area contributed by atoms with Gasteiger partial charge >= 0.3 is 11.9 Å². The molecule has 0 amide bonds. The molecule has 0 aromatic heterocycles. The lowest BCUT2D eigenvalue weighted by atomic mass is 10.5. The van der Waals surface area contributed by atoms with Crippen LogP contribution in [0.3, 0.4) is 0 Å². The zero-order valence-electron chi connectivity index (χ0n) is 8.19. The molecule has 0 fully saturated rings. The lowest BCUT2D eigenvalue weighted by Gasteiger charge is -1.97. The van der Waals surface area contributed by atoms with Crippen LogP contribution in [0.1, 0.15) is 0 Å². The molecule has 2 atom stereocenters. The second-order valence-corrected chi connectivity index (χ2v) is 4.41. The minimum Gasteiger partial charge on any atom is -0.426 e. The maximum Gasteiger partial charge on any atom is 0.353 e. The topological polar surface area (TPSA) is 93.1 Å². The highest BCUT2D eigenvalue weighted by Crippen LogP contribution is 2.27. The van der Waals surface area contributed by atoms with Crippen LogP contribution in [0.2, 0.25) is 0 Å². The van der Waals surface area contributed by atoms with Crippen molar-refractivity contribution in [1.82, 2.24) is 0 Å². The molecule has 18 heavy (non-hydrogen) atoms. The van der Waals surface area contributed by atoms with Crippen LogP contribution in [0.25, 0.3) is 0 Å². The van der Waals surface area contributed by atoms with E-state index in [4.69, 9.17) is 56.6 Å². The van der Waals surface area contributed by atoms with Crippen LogP contribution in [0.4, 0.5) is 0 Å². The first-order valence-corrected chi connectivity index (χ1v) is 5.65. The summed E-state index contributed by atoms with van der Waals surface area (Å²) in [7, 11) is 0. The van der Waals surface area contributed by atoms with Crippen molar-refractivity contribution in [2.24, 2.45) is 0 Å². The second kappa shape index (κ2) is 6.10. The molecule has 0 radical (unpaired) electrons. The predicted molar refractivity (Wildman–Crippen MR) is 61.7 cm³/mol. The average Bonchev–Trinajstić information content (AvgIpc) is 2.66. The molecule has 10 heteroatoms. The Bertz CT molecular complexity index is 415. The van der Waals surface area contributed by atoms with E-state index in [2.05, 4.69) is 9.47 Å². The number of aliphatic hydroxyl groups is 2. The standard InChI is InChI=1S/2C4H2Cl2O3/c2*5-1-2(6)4(8)9-3(1)7/h2*3,7H/t2*3-/m10/s1. The summed E-state index contributed by atoms with van der Waals surface area (Å²) in [5, 5.41) is 16.4. The van der Waals surface area contributed by atoms with E-state index in [1.54, 1.807) is 0 Å². The van der Waals surface area contributed by atoms with Crippen molar-refractivity contribution in [1.29, 1.82) is 0 Å². The van der Waals surface area contributed by atoms with Crippen molar-refractivity contribution < 1.29 is 29.3 Å². The zero-order chi connectivity index (χ0) is 14.0. The molecule has 0 aromatic carbocycles. The number of rotatable bonds is 0. The SMILES string of the molecule is O=C1O[C@@H](O)C(Cl)=C1Cl.O=C1O[C@H](O)C(Cl)=C1Cl. The molecule has 0 saturated carbocycles. The molecule has 6 nitrogen and oxygen atoms in total. The fraction of sp³-hybridized carbons (Fsp3) is 0.250. The first kappa shape index (κ1) is 15.6. The van der Waals surface area contributed by atoms with Gasteiger partial charge in [0.15, 0.2) is 0 Å². The van der Waals surface area contributed by atoms with Gasteiger partial charge in [0.2, 0.25) is 12.6 Å². The number of carbonyl (C=O) groups is 2. The second-order valence-electron chi connectivity index (χ2n) is 2.84. The van der Waals surface area contributed by atoms with E-state index in [0.717, 1.165) is 0 Å². The smallest absolute Gasteiger partial charge is 0.353 e. The Morgan fingerprint density at radius 3 is 1.11 bits per heavy atom. The molecule has 100 valence electrons. The van der Waals surface area contributed by atoms with E-state index in [0.29, 0.717) is 0 Å².